The Morgan fingerprint density at radius 1 is 1.11 bits per heavy atom. The minimum atomic E-state index is -4.49. The van der Waals surface area contributed by atoms with Crippen LogP contribution in [0.4, 0.5) is 13.2 Å². The lowest BCUT2D eigenvalue weighted by Crippen LogP contribution is -2.41. The summed E-state index contributed by atoms with van der Waals surface area (Å²) in [4.78, 5) is 7.54. The number of hydrogen-bond donors (Lipinski definition) is 1. The molecular formula is C18H20BF3N4O2. The highest BCUT2D eigenvalue weighted by Crippen LogP contribution is 2.37. The molecule has 1 aliphatic rings. The first-order valence-electron chi connectivity index (χ1n) is 8.85. The molecule has 1 fully saturated rings. The molecule has 1 saturated heterocycles. The fourth-order valence-corrected chi connectivity index (χ4v) is 3.18. The van der Waals surface area contributed by atoms with Gasteiger partial charge in [0.05, 0.1) is 22.2 Å². The summed E-state index contributed by atoms with van der Waals surface area (Å²) in [6.45, 7) is 7.82. The summed E-state index contributed by atoms with van der Waals surface area (Å²) in [5, 5.41) is 3.96. The second-order valence-corrected chi connectivity index (χ2v) is 7.95. The van der Waals surface area contributed by atoms with Crippen LogP contribution in [0.2, 0.25) is 0 Å². The van der Waals surface area contributed by atoms with Gasteiger partial charge in [0.15, 0.2) is 5.82 Å². The molecule has 0 radical (unpaired) electrons. The molecule has 0 bridgehead atoms. The van der Waals surface area contributed by atoms with Gasteiger partial charge in [-0.1, -0.05) is 12.1 Å². The van der Waals surface area contributed by atoms with E-state index >= 15 is 0 Å². The topological polar surface area (TPSA) is 65.0 Å². The van der Waals surface area contributed by atoms with Crippen molar-refractivity contribution >= 4 is 23.6 Å². The van der Waals surface area contributed by atoms with Gasteiger partial charge in [-0.2, -0.15) is 18.3 Å². The molecule has 0 atom stereocenters. The van der Waals surface area contributed by atoms with E-state index in [1.54, 1.807) is 6.07 Å². The van der Waals surface area contributed by atoms with E-state index in [0.29, 0.717) is 16.5 Å². The maximum absolute atomic E-state index is 13.1. The van der Waals surface area contributed by atoms with Crippen molar-refractivity contribution in [3.63, 3.8) is 0 Å². The highest BCUT2D eigenvalue weighted by atomic mass is 19.4. The number of hydrogen-bond acceptors (Lipinski definition) is 4. The molecule has 2 aromatic heterocycles. The van der Waals surface area contributed by atoms with E-state index in [1.807, 2.05) is 39.8 Å². The van der Waals surface area contributed by atoms with Crippen LogP contribution in [0.3, 0.4) is 0 Å². The van der Waals surface area contributed by atoms with Gasteiger partial charge in [0.25, 0.3) is 0 Å². The number of nitrogens with one attached hydrogen (secondary N) is 1. The van der Waals surface area contributed by atoms with Crippen LogP contribution in [0.25, 0.3) is 22.6 Å². The van der Waals surface area contributed by atoms with Crippen molar-refractivity contribution in [3.05, 3.63) is 30.0 Å². The summed E-state index contributed by atoms with van der Waals surface area (Å²) in [6, 6.07) is 6.44. The molecule has 28 heavy (non-hydrogen) atoms. The number of H-pyrrole nitrogens is 1. The smallest absolute Gasteiger partial charge is 0.399 e. The van der Waals surface area contributed by atoms with Gasteiger partial charge < -0.3 is 14.3 Å². The van der Waals surface area contributed by atoms with Crippen LogP contribution >= 0.6 is 0 Å². The highest BCUT2D eigenvalue weighted by molar-refractivity contribution is 6.64. The fraction of sp³-hybridized carbons (Fsp3) is 0.444. The Hall–Kier alpha value is -2.33. The number of nitrogens with zero attached hydrogens (tertiary/aromatic N) is 3. The number of imidazole rings is 1. The minimum absolute atomic E-state index is 0.117. The van der Waals surface area contributed by atoms with Gasteiger partial charge in [0.2, 0.25) is 0 Å². The van der Waals surface area contributed by atoms with Crippen LogP contribution in [-0.4, -0.2) is 38.1 Å². The van der Waals surface area contributed by atoms with E-state index in [2.05, 4.69) is 15.1 Å². The Labute approximate surface area is 160 Å². The number of halogens is 3. The normalized spacial score (nSPS) is 18.9. The monoisotopic (exact) mass is 392 g/mol. The minimum Gasteiger partial charge on any atom is -0.399 e. The molecule has 3 heterocycles. The molecule has 1 N–H and O–H groups in total. The summed E-state index contributed by atoms with van der Waals surface area (Å²) >= 11 is 0. The largest absolute Gasteiger partial charge is 0.497 e. The zero-order valence-corrected chi connectivity index (χ0v) is 16.2. The van der Waals surface area contributed by atoms with Gasteiger partial charge in [-0.05, 0) is 39.8 Å². The highest BCUT2D eigenvalue weighted by Gasteiger charge is 2.52. The first-order valence-corrected chi connectivity index (χ1v) is 8.85. The molecule has 3 aromatic rings. The first-order chi connectivity index (χ1) is 12.9. The molecule has 0 saturated carbocycles. The predicted molar refractivity (Wildman–Crippen MR) is 99.0 cm³/mol. The molecule has 0 unspecified atom stereocenters. The third kappa shape index (κ3) is 2.91. The molecule has 1 aliphatic heterocycles. The number of para-hydroxylation sites is 1. The zero-order chi connectivity index (χ0) is 20.5. The molecule has 1 aromatic carbocycles. The number of benzene rings is 1. The number of fused-ring (bicyclic) bond motifs is 1. The lowest BCUT2D eigenvalue weighted by molar-refractivity contribution is -0.143. The first kappa shape index (κ1) is 19.0. The van der Waals surface area contributed by atoms with E-state index < -0.39 is 30.2 Å². The van der Waals surface area contributed by atoms with Crippen LogP contribution in [0.1, 0.15) is 33.4 Å². The Kier molecular flexibility index (Phi) is 3.96. The van der Waals surface area contributed by atoms with E-state index in [4.69, 9.17) is 9.31 Å². The van der Waals surface area contributed by atoms with Crippen LogP contribution in [-0.2, 0) is 22.5 Å². The quantitative estimate of drug-likeness (QED) is 0.680. The fourth-order valence-electron chi connectivity index (χ4n) is 3.18. The van der Waals surface area contributed by atoms with Crippen molar-refractivity contribution in [1.29, 1.82) is 0 Å². The molecule has 4 rings (SSSR count). The van der Waals surface area contributed by atoms with Gasteiger partial charge in [0.1, 0.15) is 11.4 Å². The van der Waals surface area contributed by atoms with E-state index in [9.17, 15) is 13.2 Å². The lowest BCUT2D eigenvalue weighted by Gasteiger charge is -2.32. The summed E-state index contributed by atoms with van der Waals surface area (Å²) in [5.41, 5.74) is 0.214. The SMILES string of the molecule is Cn1nc(-c2nc3c(B4OC(C)(C)C(C)(C)O4)cccc3[nH]2)cc1C(F)(F)F. The summed E-state index contributed by atoms with van der Waals surface area (Å²) in [6.07, 6.45) is -4.49. The number of rotatable bonds is 2. The standard InChI is InChI=1S/C18H20BF3N4O2/c1-16(2)17(3,4)28-19(27-16)10-7-6-8-11-14(10)24-15(23-11)12-9-13(18(20,21)22)26(5)25-12/h6-9H,1-5H3,(H,23,24). The average Bonchev–Trinajstić information content (AvgIpc) is 3.20. The van der Waals surface area contributed by atoms with Crippen molar-refractivity contribution in [2.75, 3.05) is 0 Å². The average molecular weight is 392 g/mol. The number of alkyl halides is 3. The lowest BCUT2D eigenvalue weighted by atomic mass is 9.78. The van der Waals surface area contributed by atoms with E-state index in [0.717, 1.165) is 10.7 Å². The number of aromatic amines is 1. The van der Waals surface area contributed by atoms with Crippen molar-refractivity contribution in [2.45, 2.75) is 45.1 Å². The van der Waals surface area contributed by atoms with Crippen molar-refractivity contribution in [2.24, 2.45) is 7.05 Å². The van der Waals surface area contributed by atoms with E-state index in [-0.39, 0.29) is 11.5 Å². The van der Waals surface area contributed by atoms with Gasteiger partial charge >= 0.3 is 13.3 Å². The third-order valence-corrected chi connectivity index (χ3v) is 5.46. The molecule has 0 amide bonds. The molecule has 148 valence electrons. The number of aryl methyl sites for hydroxylation is 1. The Morgan fingerprint density at radius 3 is 2.32 bits per heavy atom. The summed E-state index contributed by atoms with van der Waals surface area (Å²) in [5.74, 6) is 0.255. The second kappa shape index (κ2) is 5.84. The molecule has 10 heteroatoms. The van der Waals surface area contributed by atoms with Crippen molar-refractivity contribution in [1.82, 2.24) is 19.7 Å². The molecular weight excluding hydrogens is 372 g/mol. The molecule has 0 aliphatic carbocycles. The Morgan fingerprint density at radius 2 is 1.75 bits per heavy atom. The third-order valence-electron chi connectivity index (χ3n) is 5.46. The van der Waals surface area contributed by atoms with E-state index in [1.165, 1.54) is 7.05 Å². The van der Waals surface area contributed by atoms with Crippen LogP contribution in [0.5, 0.6) is 0 Å². The maximum Gasteiger partial charge on any atom is 0.497 e. The van der Waals surface area contributed by atoms with Crippen molar-refractivity contribution < 1.29 is 22.5 Å². The van der Waals surface area contributed by atoms with Gasteiger partial charge in [-0.25, -0.2) is 4.98 Å². The maximum atomic E-state index is 13.1. The summed E-state index contributed by atoms with van der Waals surface area (Å²) in [7, 11) is 0.629. The summed E-state index contributed by atoms with van der Waals surface area (Å²) < 4.78 is 52.2. The van der Waals surface area contributed by atoms with Crippen LogP contribution in [0, 0.1) is 0 Å². The van der Waals surface area contributed by atoms with Crippen LogP contribution in [0.15, 0.2) is 24.3 Å². The van der Waals surface area contributed by atoms with Gasteiger partial charge in [-0.3, -0.25) is 4.68 Å². The van der Waals surface area contributed by atoms with Gasteiger partial charge in [0, 0.05) is 12.5 Å². The number of aromatic nitrogens is 4. The zero-order valence-electron chi connectivity index (χ0n) is 16.2. The molecule has 0 spiro atoms. The Balaban J connectivity index is 1.77. The van der Waals surface area contributed by atoms with Gasteiger partial charge in [-0.15, -0.1) is 0 Å². The van der Waals surface area contributed by atoms with Crippen molar-refractivity contribution in [3.8, 4) is 11.5 Å². The second-order valence-electron chi connectivity index (χ2n) is 7.95. The predicted octanol–water partition coefficient (Wildman–Crippen LogP) is 3.28. The Bertz CT molecular complexity index is 1040. The molecule has 6 nitrogen and oxygen atoms in total. The van der Waals surface area contributed by atoms with Crippen LogP contribution < -0.4 is 5.46 Å².